The largest absolute Gasteiger partial charge is 0.492 e. The van der Waals surface area contributed by atoms with Crippen molar-refractivity contribution < 1.29 is 24.1 Å². The lowest BCUT2D eigenvalue weighted by molar-refractivity contribution is -0.125. The molecule has 0 aliphatic carbocycles. The van der Waals surface area contributed by atoms with Crippen molar-refractivity contribution in [3.8, 4) is 0 Å². The molecule has 25 heavy (non-hydrogen) atoms. The van der Waals surface area contributed by atoms with E-state index in [2.05, 4.69) is 10.6 Å². The molecule has 2 rings (SSSR count). The van der Waals surface area contributed by atoms with Crippen LogP contribution >= 0.6 is 0 Å². The number of nitrogens with one attached hydrogen (secondary N) is 2. The average molecular weight is 347 g/mol. The van der Waals surface area contributed by atoms with E-state index in [9.17, 15) is 19.4 Å². The first-order chi connectivity index (χ1) is 11.7. The Labute approximate surface area is 146 Å². The topological polar surface area (TPSA) is 131 Å². The van der Waals surface area contributed by atoms with Gasteiger partial charge >= 0.3 is 7.12 Å². The minimum atomic E-state index is -0.984. The van der Waals surface area contributed by atoms with Crippen molar-refractivity contribution in [2.75, 3.05) is 11.9 Å². The van der Waals surface area contributed by atoms with Gasteiger partial charge in [-0.25, -0.2) is 0 Å². The summed E-state index contributed by atoms with van der Waals surface area (Å²) in [6.07, 6.45) is 1.12. The molecule has 1 aliphatic rings. The fraction of sp³-hybridized carbons (Fsp3) is 0.438. The van der Waals surface area contributed by atoms with E-state index in [-0.39, 0.29) is 19.4 Å². The van der Waals surface area contributed by atoms with Gasteiger partial charge in [0.15, 0.2) is 0 Å². The number of aldehydes is 1. The smallest absolute Gasteiger partial charge is 0.423 e. The highest BCUT2D eigenvalue weighted by molar-refractivity contribution is 6.62. The molecule has 1 unspecified atom stereocenters. The summed E-state index contributed by atoms with van der Waals surface area (Å²) >= 11 is 0. The number of rotatable bonds is 7. The van der Waals surface area contributed by atoms with Gasteiger partial charge in [-0.2, -0.15) is 0 Å². The summed E-state index contributed by atoms with van der Waals surface area (Å²) in [6.45, 7) is 3.43. The lowest BCUT2D eigenvalue weighted by Crippen LogP contribution is -2.43. The number of carbonyl (C=O) groups is 3. The third-order valence-electron chi connectivity index (χ3n) is 4.01. The SMILES string of the molecule is CC1(C)OB(O)c2ccc(NC(=O)CNC(=O)C(N)CCC=O)cc21. The first kappa shape index (κ1) is 19.1. The molecule has 2 amide bonds. The van der Waals surface area contributed by atoms with Crippen LogP contribution in [0.4, 0.5) is 5.69 Å². The molecule has 0 aromatic heterocycles. The predicted octanol–water partition coefficient (Wildman–Crippen LogP) is -0.999. The first-order valence-electron chi connectivity index (χ1n) is 8.01. The molecule has 8 nitrogen and oxygen atoms in total. The second kappa shape index (κ2) is 7.77. The third kappa shape index (κ3) is 4.65. The van der Waals surface area contributed by atoms with E-state index < -0.39 is 30.6 Å². The number of fused-ring (bicyclic) bond motifs is 1. The molecule has 1 atom stereocenters. The Morgan fingerprint density at radius 3 is 2.84 bits per heavy atom. The van der Waals surface area contributed by atoms with Crippen LogP contribution in [-0.4, -0.2) is 42.8 Å². The lowest BCUT2D eigenvalue weighted by atomic mass is 9.78. The van der Waals surface area contributed by atoms with Gasteiger partial charge in [-0.05, 0) is 43.4 Å². The summed E-state index contributed by atoms with van der Waals surface area (Å²) in [7, 11) is -0.984. The third-order valence-corrected chi connectivity index (χ3v) is 4.01. The average Bonchev–Trinajstić information content (AvgIpc) is 2.79. The summed E-state index contributed by atoms with van der Waals surface area (Å²) in [5.41, 5.74) is 6.94. The summed E-state index contributed by atoms with van der Waals surface area (Å²) < 4.78 is 5.46. The van der Waals surface area contributed by atoms with Crippen molar-refractivity contribution in [3.63, 3.8) is 0 Å². The van der Waals surface area contributed by atoms with Crippen LogP contribution in [0.3, 0.4) is 0 Å². The molecule has 9 heteroatoms. The number of hydrogen-bond donors (Lipinski definition) is 4. The van der Waals surface area contributed by atoms with E-state index in [1.165, 1.54) is 0 Å². The predicted molar refractivity (Wildman–Crippen MR) is 93.1 cm³/mol. The van der Waals surface area contributed by atoms with Crippen LogP contribution in [0.5, 0.6) is 0 Å². The van der Waals surface area contributed by atoms with Crippen molar-refractivity contribution >= 4 is 36.4 Å². The molecule has 0 fully saturated rings. The van der Waals surface area contributed by atoms with Crippen LogP contribution in [0.25, 0.3) is 0 Å². The number of carbonyl (C=O) groups excluding carboxylic acids is 3. The minimum Gasteiger partial charge on any atom is -0.423 e. The van der Waals surface area contributed by atoms with Gasteiger partial charge in [0, 0.05) is 12.1 Å². The van der Waals surface area contributed by atoms with Crippen molar-refractivity contribution in [1.29, 1.82) is 0 Å². The molecule has 1 aromatic rings. The van der Waals surface area contributed by atoms with Crippen LogP contribution in [0, 0.1) is 0 Å². The Balaban J connectivity index is 1.91. The zero-order chi connectivity index (χ0) is 18.6. The van der Waals surface area contributed by atoms with Crippen molar-refractivity contribution in [1.82, 2.24) is 5.32 Å². The second-order valence-corrected chi connectivity index (χ2v) is 6.40. The highest BCUT2D eigenvalue weighted by Crippen LogP contribution is 2.31. The normalized spacial score (nSPS) is 16.1. The monoisotopic (exact) mass is 347 g/mol. The van der Waals surface area contributed by atoms with Crippen LogP contribution in [-0.2, 0) is 24.6 Å². The van der Waals surface area contributed by atoms with Crippen LogP contribution in [0.15, 0.2) is 18.2 Å². The van der Waals surface area contributed by atoms with Crippen molar-refractivity contribution in [3.05, 3.63) is 23.8 Å². The van der Waals surface area contributed by atoms with Crippen molar-refractivity contribution in [2.45, 2.75) is 38.3 Å². The van der Waals surface area contributed by atoms with E-state index in [4.69, 9.17) is 10.4 Å². The van der Waals surface area contributed by atoms with Crippen LogP contribution in [0.2, 0.25) is 0 Å². The summed E-state index contributed by atoms with van der Waals surface area (Å²) in [5.74, 6) is -0.892. The molecule has 5 N–H and O–H groups in total. The van der Waals surface area contributed by atoms with E-state index in [1.807, 2.05) is 13.8 Å². The highest BCUT2D eigenvalue weighted by Gasteiger charge is 2.40. The number of benzene rings is 1. The standard InChI is InChI=1S/C16H22BN3O5/c1-16(2)11-8-10(5-6-12(11)17(24)25-16)20-14(22)9-19-15(23)13(18)4-3-7-21/h5-8,13,24H,3-4,9,18H2,1-2H3,(H,19,23)(H,20,22). The Morgan fingerprint density at radius 2 is 2.16 bits per heavy atom. The Kier molecular flexibility index (Phi) is 5.94. The van der Waals surface area contributed by atoms with Gasteiger partial charge in [0.2, 0.25) is 11.8 Å². The lowest BCUT2D eigenvalue weighted by Gasteiger charge is -2.20. The Morgan fingerprint density at radius 1 is 1.44 bits per heavy atom. The van der Waals surface area contributed by atoms with Crippen LogP contribution < -0.4 is 21.8 Å². The number of amides is 2. The number of anilines is 1. The molecule has 134 valence electrons. The zero-order valence-corrected chi connectivity index (χ0v) is 14.2. The fourth-order valence-electron chi connectivity index (χ4n) is 2.66. The molecular formula is C16H22BN3O5. The van der Waals surface area contributed by atoms with E-state index >= 15 is 0 Å². The van der Waals surface area contributed by atoms with E-state index in [0.717, 1.165) is 5.56 Å². The van der Waals surface area contributed by atoms with E-state index in [0.29, 0.717) is 17.4 Å². The maximum Gasteiger partial charge on any atom is 0.492 e. The Hall–Kier alpha value is -2.23. The first-order valence-corrected chi connectivity index (χ1v) is 8.01. The molecule has 1 aromatic carbocycles. The molecule has 0 spiro atoms. The zero-order valence-electron chi connectivity index (χ0n) is 14.2. The summed E-state index contributed by atoms with van der Waals surface area (Å²) in [4.78, 5) is 34.0. The van der Waals surface area contributed by atoms with Crippen LogP contribution in [0.1, 0.15) is 32.3 Å². The molecule has 0 bridgehead atoms. The highest BCUT2D eigenvalue weighted by atomic mass is 16.5. The van der Waals surface area contributed by atoms with Gasteiger partial charge in [0.05, 0.1) is 18.2 Å². The van der Waals surface area contributed by atoms with Gasteiger partial charge in [-0.1, -0.05) is 6.07 Å². The van der Waals surface area contributed by atoms with Gasteiger partial charge in [0.1, 0.15) is 6.29 Å². The second-order valence-electron chi connectivity index (χ2n) is 6.40. The molecule has 0 radical (unpaired) electrons. The maximum atomic E-state index is 12.0. The number of hydrogen-bond acceptors (Lipinski definition) is 6. The molecule has 1 heterocycles. The van der Waals surface area contributed by atoms with Gasteiger partial charge < -0.3 is 30.8 Å². The quantitative estimate of drug-likeness (QED) is 0.370. The fourth-order valence-corrected chi connectivity index (χ4v) is 2.66. The van der Waals surface area contributed by atoms with Gasteiger partial charge in [-0.3, -0.25) is 9.59 Å². The number of nitrogens with two attached hydrogens (primary N) is 1. The Bertz CT molecular complexity index is 680. The van der Waals surface area contributed by atoms with E-state index in [1.54, 1.807) is 18.2 Å². The van der Waals surface area contributed by atoms with Gasteiger partial charge in [0.25, 0.3) is 0 Å². The maximum absolute atomic E-state index is 12.0. The summed E-state index contributed by atoms with van der Waals surface area (Å²) in [5, 5.41) is 15.0. The van der Waals surface area contributed by atoms with Gasteiger partial charge in [-0.15, -0.1) is 0 Å². The minimum absolute atomic E-state index is 0.194. The molecule has 0 saturated heterocycles. The molecular weight excluding hydrogens is 325 g/mol. The molecule has 0 saturated carbocycles. The van der Waals surface area contributed by atoms with Crippen molar-refractivity contribution in [2.24, 2.45) is 5.73 Å². The molecule has 1 aliphatic heterocycles. The summed E-state index contributed by atoms with van der Waals surface area (Å²) in [6, 6.07) is 4.26.